The summed E-state index contributed by atoms with van der Waals surface area (Å²) in [6, 6.07) is 0. The second kappa shape index (κ2) is 7.88. The average molecular weight is 590 g/mol. The summed E-state index contributed by atoms with van der Waals surface area (Å²) in [4.78, 5) is 0. The fourth-order valence-electron chi connectivity index (χ4n) is 3.62. The van der Waals surface area contributed by atoms with E-state index in [1.807, 2.05) is 0 Å². The summed E-state index contributed by atoms with van der Waals surface area (Å²) in [5.41, 5.74) is -15.1. The molecule has 0 N–H and O–H groups in total. The molecule has 3 fully saturated rings. The zero-order chi connectivity index (χ0) is 29.1. The molecule has 3 nitrogen and oxygen atoms in total. The molecule has 0 aliphatic heterocycles. The van der Waals surface area contributed by atoms with E-state index in [-0.39, 0.29) is 0 Å². The molecule has 0 amide bonds. The van der Waals surface area contributed by atoms with Gasteiger partial charge in [-0.15, -0.1) is 0 Å². The molecule has 37 heavy (non-hydrogen) atoms. The summed E-state index contributed by atoms with van der Waals surface area (Å²) < 4.78 is 250. The molecule has 3 rings (SSSR count). The first-order valence-corrected chi connectivity index (χ1v) is 9.36. The van der Waals surface area contributed by atoms with E-state index >= 15 is 0 Å². The normalized spacial score (nSPS) is 43.8. The minimum absolute atomic E-state index is 2.72. The third kappa shape index (κ3) is 3.26. The molecule has 6 unspecified atom stereocenters. The van der Waals surface area contributed by atoms with Gasteiger partial charge in [-0.2, -0.15) is 52.7 Å². The van der Waals surface area contributed by atoms with Crippen LogP contribution in [-0.2, 0) is 14.0 Å². The van der Waals surface area contributed by atoms with Gasteiger partial charge in [0.15, 0.2) is 0 Å². The monoisotopic (exact) mass is 590 g/mol. The van der Waals surface area contributed by atoms with E-state index in [9.17, 15) is 79.0 Å². The van der Waals surface area contributed by atoms with Crippen LogP contribution < -0.4 is 0 Å². The van der Waals surface area contributed by atoms with Gasteiger partial charge >= 0.3 is 42.9 Å². The van der Waals surface area contributed by atoms with E-state index in [1.54, 1.807) is 0 Å². The predicted molar refractivity (Wildman–Crippen MR) is 79.5 cm³/mol. The highest BCUT2D eigenvalue weighted by Gasteiger charge is 2.92. The van der Waals surface area contributed by atoms with Gasteiger partial charge in [-0.25, -0.2) is 26.3 Å². The summed E-state index contributed by atoms with van der Waals surface area (Å²) in [7, 11) is -3.60. The molecule has 0 spiro atoms. The largest absolute Gasteiger partial charge is 0.639 e. The van der Waals surface area contributed by atoms with Crippen molar-refractivity contribution in [3.8, 4) is 0 Å². The van der Waals surface area contributed by atoms with E-state index in [1.165, 1.54) is 0 Å². The van der Waals surface area contributed by atoms with Gasteiger partial charge < -0.3 is 14.0 Å². The molecule has 0 aromatic rings. The molecule has 0 bridgehead atoms. The number of alkyl halides is 18. The van der Waals surface area contributed by atoms with Crippen molar-refractivity contribution in [3.63, 3.8) is 0 Å². The minimum Gasteiger partial charge on any atom is -0.382 e. The molecule has 3 aliphatic rings. The van der Waals surface area contributed by atoms with Crippen molar-refractivity contribution < 1.29 is 93.0 Å². The van der Waals surface area contributed by atoms with Gasteiger partial charge in [-0.1, -0.05) is 0 Å². The van der Waals surface area contributed by atoms with Crippen LogP contribution in [0.1, 0.15) is 0 Å². The lowest BCUT2D eigenvalue weighted by Gasteiger charge is -2.52. The van der Waals surface area contributed by atoms with Crippen LogP contribution in [-0.4, -0.2) is 98.2 Å². The van der Waals surface area contributed by atoms with Gasteiger partial charge in [-0.3, -0.25) is 0 Å². The van der Waals surface area contributed by atoms with E-state index in [2.05, 4.69) is 14.0 Å². The van der Waals surface area contributed by atoms with Crippen molar-refractivity contribution in [1.29, 1.82) is 0 Å². The van der Waals surface area contributed by atoms with Crippen LogP contribution in [0.3, 0.4) is 0 Å². The molecule has 0 heterocycles. The number of hydrogen-bond donors (Lipinski definition) is 0. The van der Waals surface area contributed by atoms with Gasteiger partial charge in [0.25, 0.3) is 0 Å². The standard InChI is InChI=1S/C15H9BF18O3/c17-4-7(20,13(29,30)10(4,23)24)1-35-16(36-2-8(21)5(18)11(25,26)14(8,31)32)37-3-9(22)6(19)12(27,28)15(9,33)34/h4-6H,1-3H2. The van der Waals surface area contributed by atoms with Crippen molar-refractivity contribution in [3.05, 3.63) is 0 Å². The Balaban J connectivity index is 1.78. The maximum Gasteiger partial charge on any atom is 0.639 e. The maximum absolute atomic E-state index is 14.1. The highest BCUT2D eigenvalue weighted by atomic mass is 19.4. The van der Waals surface area contributed by atoms with Crippen molar-refractivity contribution in [1.82, 2.24) is 0 Å². The summed E-state index contributed by atoms with van der Waals surface area (Å²) in [5.74, 6) is -34.8. The van der Waals surface area contributed by atoms with Gasteiger partial charge in [0.05, 0.1) is 19.8 Å². The molecule has 6 atom stereocenters. The minimum atomic E-state index is -5.91. The van der Waals surface area contributed by atoms with E-state index < -0.39 is 98.2 Å². The molecule has 22 heteroatoms. The van der Waals surface area contributed by atoms with Gasteiger partial charge in [-0.05, 0) is 0 Å². The highest BCUT2D eigenvalue weighted by molar-refractivity contribution is 6.36. The molecular weight excluding hydrogens is 581 g/mol. The Kier molecular flexibility index (Phi) is 6.44. The SMILES string of the molecule is FC1C(F)(F)C(F)(F)C1(F)COB(OCC1(F)C(F)C(F)(F)C1(F)F)OCC1(F)C(F)C(F)(F)C1(F)F. The zero-order valence-corrected chi connectivity index (χ0v) is 17.0. The summed E-state index contributed by atoms with van der Waals surface area (Å²) in [5, 5.41) is 0. The fourth-order valence-corrected chi connectivity index (χ4v) is 3.62. The summed E-state index contributed by atoms with van der Waals surface area (Å²) in [6.45, 7) is -8.17. The first-order valence-electron chi connectivity index (χ1n) is 9.36. The maximum atomic E-state index is 14.1. The Morgan fingerprint density at radius 1 is 0.405 bits per heavy atom. The van der Waals surface area contributed by atoms with Crippen LogP contribution in [0.4, 0.5) is 79.0 Å². The molecule has 3 saturated carbocycles. The average Bonchev–Trinajstić information content (AvgIpc) is 2.79. The third-order valence-electron chi connectivity index (χ3n) is 6.27. The Morgan fingerprint density at radius 2 is 0.595 bits per heavy atom. The first-order chi connectivity index (χ1) is 16.2. The predicted octanol–water partition coefficient (Wildman–Crippen LogP) is 5.01. The number of halogens is 18. The molecule has 0 aromatic carbocycles. The first kappa shape index (κ1) is 30.2. The van der Waals surface area contributed by atoms with Crippen molar-refractivity contribution in [2.45, 2.75) is 71.1 Å². The topological polar surface area (TPSA) is 27.7 Å². The zero-order valence-electron chi connectivity index (χ0n) is 17.0. The molecule has 0 radical (unpaired) electrons. The van der Waals surface area contributed by atoms with Crippen LogP contribution in [0.25, 0.3) is 0 Å². The second-order valence-electron chi connectivity index (χ2n) is 8.49. The van der Waals surface area contributed by atoms with Crippen LogP contribution in [0.5, 0.6) is 0 Å². The van der Waals surface area contributed by atoms with Crippen molar-refractivity contribution >= 4 is 7.32 Å². The lowest BCUT2D eigenvalue weighted by Crippen LogP contribution is -2.81. The second-order valence-corrected chi connectivity index (χ2v) is 8.49. The van der Waals surface area contributed by atoms with Crippen molar-refractivity contribution in [2.24, 2.45) is 0 Å². The molecule has 216 valence electrons. The quantitative estimate of drug-likeness (QED) is 0.280. The molecular formula is C15H9BF18O3. The Hall–Kier alpha value is -1.32. The Bertz CT molecular complexity index is 805. The number of rotatable bonds is 9. The summed E-state index contributed by atoms with van der Waals surface area (Å²) >= 11 is 0. The molecule has 3 aliphatic carbocycles. The molecule has 0 aromatic heterocycles. The van der Waals surface area contributed by atoms with Gasteiger partial charge in [0, 0.05) is 0 Å². The van der Waals surface area contributed by atoms with Crippen LogP contribution in [0.15, 0.2) is 0 Å². The van der Waals surface area contributed by atoms with Crippen molar-refractivity contribution in [2.75, 3.05) is 19.8 Å². The summed E-state index contributed by atoms with van der Waals surface area (Å²) in [6.07, 6.45) is -13.2. The Labute approximate surface area is 192 Å². The smallest absolute Gasteiger partial charge is 0.382 e. The highest BCUT2D eigenvalue weighted by Crippen LogP contribution is 2.64. The van der Waals surface area contributed by atoms with Crippen LogP contribution in [0.2, 0.25) is 0 Å². The number of hydrogen-bond acceptors (Lipinski definition) is 3. The fraction of sp³-hybridized carbons (Fsp3) is 1.00. The van der Waals surface area contributed by atoms with Gasteiger partial charge in [0.2, 0.25) is 35.5 Å². The third-order valence-corrected chi connectivity index (χ3v) is 6.27. The van der Waals surface area contributed by atoms with E-state index in [0.717, 1.165) is 0 Å². The van der Waals surface area contributed by atoms with E-state index in [0.29, 0.717) is 0 Å². The lowest BCUT2D eigenvalue weighted by atomic mass is 9.71. The Morgan fingerprint density at radius 3 is 0.757 bits per heavy atom. The lowest BCUT2D eigenvalue weighted by molar-refractivity contribution is -0.404. The van der Waals surface area contributed by atoms with E-state index in [4.69, 9.17) is 0 Å². The van der Waals surface area contributed by atoms with Crippen LogP contribution >= 0.6 is 0 Å². The van der Waals surface area contributed by atoms with Gasteiger partial charge in [0.1, 0.15) is 0 Å². The molecule has 0 saturated heterocycles. The van der Waals surface area contributed by atoms with Crippen LogP contribution in [0, 0.1) is 0 Å².